The Labute approximate surface area is 209 Å². The highest BCUT2D eigenvalue weighted by Crippen LogP contribution is 2.30. The molecule has 0 fully saturated rings. The van der Waals surface area contributed by atoms with E-state index >= 15 is 0 Å². The van der Waals surface area contributed by atoms with Crippen LogP contribution in [0.3, 0.4) is 0 Å². The number of benzene rings is 1. The van der Waals surface area contributed by atoms with E-state index in [1.807, 2.05) is 0 Å². The van der Waals surface area contributed by atoms with E-state index in [4.69, 9.17) is 5.26 Å². The van der Waals surface area contributed by atoms with Crippen LogP contribution in [-0.4, -0.2) is 16.0 Å². The van der Waals surface area contributed by atoms with Crippen molar-refractivity contribution in [1.29, 1.82) is 0 Å². The molecule has 190 valence electrons. The molecule has 1 unspecified atom stereocenters. The van der Waals surface area contributed by atoms with Crippen LogP contribution in [-0.2, 0) is 16.1 Å². The van der Waals surface area contributed by atoms with Gasteiger partial charge in [0, 0.05) is 0 Å². The number of hydrogen-bond donors (Lipinski definition) is 2. The summed E-state index contributed by atoms with van der Waals surface area (Å²) in [5.41, 5.74) is 3.39. The molecule has 0 aliphatic rings. The molecule has 3 nitrogen and oxygen atoms in total. The summed E-state index contributed by atoms with van der Waals surface area (Å²) in [4.78, 5) is 16.4. The van der Waals surface area contributed by atoms with Gasteiger partial charge in [0.05, 0.1) is 0 Å². The van der Waals surface area contributed by atoms with Crippen molar-refractivity contribution in [1.82, 2.24) is 0 Å². The molecule has 0 saturated carbocycles. The summed E-state index contributed by atoms with van der Waals surface area (Å²) < 4.78 is -0.981. The lowest BCUT2D eigenvalue weighted by molar-refractivity contribution is -0.237. The lowest BCUT2D eigenvalue weighted by atomic mass is 9.91. The number of hydrogen-bond acceptors (Lipinski definition) is 4. The predicted octanol–water partition coefficient (Wildman–Crippen LogP) is 9.18. The third-order valence-corrected chi connectivity index (χ3v) is 7.25. The molecule has 1 aromatic rings. The van der Waals surface area contributed by atoms with Crippen molar-refractivity contribution < 1.29 is 14.9 Å². The molecule has 1 rings (SSSR count). The molecule has 1 aromatic carbocycles. The third kappa shape index (κ3) is 14.1. The Hall–Kier alpha value is -1.00. The quantitative estimate of drug-likeness (QED) is 0.0849. The standard InChI is InChI=1S/C29H50O3S/c1-4-5-6-7-8-9-10-11-12-13-14-15-16-17-18-19-20-29(33,28(30)32-31)24-27-22-25(2)21-26(3)23-27/h21-23,31,33H,4-20,24H2,1-3H3. The van der Waals surface area contributed by atoms with Crippen molar-refractivity contribution in [3.05, 3.63) is 34.9 Å². The topological polar surface area (TPSA) is 46.5 Å². The van der Waals surface area contributed by atoms with Gasteiger partial charge < -0.3 is 0 Å². The molecule has 0 aliphatic heterocycles. The minimum absolute atomic E-state index is 0.469. The second-order valence-electron chi connectivity index (χ2n) is 10.1. The molecular formula is C29H50O3S. The van der Waals surface area contributed by atoms with Crippen LogP contribution >= 0.6 is 12.6 Å². The number of rotatable bonds is 20. The summed E-state index contributed by atoms with van der Waals surface area (Å²) in [7, 11) is 0. The van der Waals surface area contributed by atoms with Gasteiger partial charge in [0.25, 0.3) is 0 Å². The molecule has 0 spiro atoms. The predicted molar refractivity (Wildman–Crippen MR) is 144 cm³/mol. The number of aryl methyl sites for hydroxylation is 2. The number of carbonyl (C=O) groups excluding carboxylic acids is 1. The van der Waals surface area contributed by atoms with Gasteiger partial charge in [-0.3, -0.25) is 4.89 Å². The van der Waals surface area contributed by atoms with Gasteiger partial charge in [0.1, 0.15) is 4.75 Å². The van der Waals surface area contributed by atoms with E-state index < -0.39 is 10.7 Å². The molecule has 0 aromatic heterocycles. The van der Waals surface area contributed by atoms with Crippen LogP contribution in [0.15, 0.2) is 18.2 Å². The second-order valence-corrected chi connectivity index (χ2v) is 11.0. The Morgan fingerprint density at radius 3 is 1.55 bits per heavy atom. The highest BCUT2D eigenvalue weighted by atomic mass is 32.1. The van der Waals surface area contributed by atoms with Crippen LogP contribution in [0.4, 0.5) is 0 Å². The molecule has 1 atom stereocenters. The normalized spacial score (nSPS) is 13.1. The molecule has 0 radical (unpaired) electrons. The minimum Gasteiger partial charge on any atom is -0.299 e. The minimum atomic E-state index is -0.981. The lowest BCUT2D eigenvalue weighted by Gasteiger charge is -2.25. The van der Waals surface area contributed by atoms with Crippen molar-refractivity contribution in [3.8, 4) is 0 Å². The molecule has 33 heavy (non-hydrogen) atoms. The second kappa shape index (κ2) is 18.3. The maximum absolute atomic E-state index is 12.3. The fourth-order valence-corrected chi connectivity index (χ4v) is 5.20. The van der Waals surface area contributed by atoms with Crippen LogP contribution in [0.5, 0.6) is 0 Å². The Kier molecular flexibility index (Phi) is 16.7. The van der Waals surface area contributed by atoms with E-state index in [9.17, 15) is 4.79 Å². The molecule has 4 heteroatoms. The van der Waals surface area contributed by atoms with E-state index in [-0.39, 0.29) is 0 Å². The van der Waals surface area contributed by atoms with Gasteiger partial charge >= 0.3 is 5.97 Å². The van der Waals surface area contributed by atoms with Crippen molar-refractivity contribution in [2.75, 3.05) is 0 Å². The van der Waals surface area contributed by atoms with E-state index in [0.717, 1.165) is 18.4 Å². The molecule has 0 aliphatic carbocycles. The van der Waals surface area contributed by atoms with Crippen LogP contribution in [0.1, 0.15) is 133 Å². The van der Waals surface area contributed by atoms with Gasteiger partial charge in [-0.15, -0.1) is 0 Å². The Morgan fingerprint density at radius 2 is 1.15 bits per heavy atom. The summed E-state index contributed by atoms with van der Waals surface area (Å²) in [5, 5.41) is 8.99. The van der Waals surface area contributed by atoms with Crippen molar-refractivity contribution in [3.63, 3.8) is 0 Å². The summed E-state index contributed by atoms with van der Waals surface area (Å²) in [6.45, 7) is 6.38. The largest absolute Gasteiger partial charge is 0.358 e. The smallest absolute Gasteiger partial charge is 0.299 e. The zero-order valence-corrected chi connectivity index (χ0v) is 22.6. The van der Waals surface area contributed by atoms with E-state index in [1.54, 1.807) is 0 Å². The third-order valence-electron chi connectivity index (χ3n) is 6.68. The number of carbonyl (C=O) groups is 1. The first kappa shape index (κ1) is 30.0. The monoisotopic (exact) mass is 478 g/mol. The van der Waals surface area contributed by atoms with Gasteiger partial charge in [-0.05, 0) is 32.3 Å². The first-order valence-corrected chi connectivity index (χ1v) is 14.0. The summed E-state index contributed by atoms with van der Waals surface area (Å²) in [5.74, 6) is -0.647. The average molecular weight is 479 g/mol. The van der Waals surface area contributed by atoms with Gasteiger partial charge in [-0.2, -0.15) is 17.9 Å². The zero-order chi connectivity index (χ0) is 24.4. The highest BCUT2D eigenvalue weighted by molar-refractivity contribution is 7.82. The van der Waals surface area contributed by atoms with E-state index in [0.29, 0.717) is 12.8 Å². The number of thiol groups is 1. The fraction of sp³-hybridized carbons (Fsp3) is 0.759. The van der Waals surface area contributed by atoms with Crippen LogP contribution in [0.25, 0.3) is 0 Å². The lowest BCUT2D eigenvalue weighted by Crippen LogP contribution is -2.36. The average Bonchev–Trinajstić information content (AvgIpc) is 2.77. The Bertz CT molecular complexity index is 626. The van der Waals surface area contributed by atoms with Gasteiger partial charge in [0.15, 0.2) is 0 Å². The van der Waals surface area contributed by atoms with Crippen molar-refractivity contribution >= 4 is 18.6 Å². The molecule has 0 bridgehead atoms. The molecule has 1 N–H and O–H groups in total. The zero-order valence-electron chi connectivity index (χ0n) is 21.7. The summed E-state index contributed by atoms with van der Waals surface area (Å²) in [6, 6.07) is 6.27. The summed E-state index contributed by atoms with van der Waals surface area (Å²) >= 11 is 4.67. The fourth-order valence-electron chi connectivity index (χ4n) is 4.82. The Balaban J connectivity index is 2.12. The number of unbranched alkanes of at least 4 members (excludes halogenated alkanes) is 15. The molecule has 0 heterocycles. The SMILES string of the molecule is CCCCCCCCCCCCCCCCCCC(S)(Cc1cc(C)cc(C)c1)C(=O)OO. The molecule has 0 amide bonds. The van der Waals surface area contributed by atoms with Crippen LogP contribution < -0.4 is 0 Å². The van der Waals surface area contributed by atoms with Gasteiger partial charge in [-0.1, -0.05) is 139 Å². The van der Waals surface area contributed by atoms with Crippen molar-refractivity contribution in [2.45, 2.75) is 141 Å². The first-order valence-electron chi connectivity index (χ1n) is 13.6. The van der Waals surface area contributed by atoms with Crippen LogP contribution in [0, 0.1) is 13.8 Å². The molecular weight excluding hydrogens is 428 g/mol. The maximum Gasteiger partial charge on any atom is 0.358 e. The highest BCUT2D eigenvalue weighted by Gasteiger charge is 2.36. The maximum atomic E-state index is 12.3. The Morgan fingerprint density at radius 1 is 0.758 bits per heavy atom. The van der Waals surface area contributed by atoms with Crippen LogP contribution in [0.2, 0.25) is 0 Å². The molecule has 0 saturated heterocycles. The van der Waals surface area contributed by atoms with Crippen molar-refractivity contribution in [2.24, 2.45) is 0 Å². The van der Waals surface area contributed by atoms with E-state index in [1.165, 1.54) is 101 Å². The first-order chi connectivity index (χ1) is 15.9. The van der Waals surface area contributed by atoms with Gasteiger partial charge in [-0.25, -0.2) is 4.79 Å². The van der Waals surface area contributed by atoms with E-state index in [2.05, 4.69) is 56.5 Å². The van der Waals surface area contributed by atoms with Gasteiger partial charge in [0.2, 0.25) is 0 Å². The summed E-state index contributed by atoms with van der Waals surface area (Å²) in [6.07, 6.45) is 22.2.